The van der Waals surface area contributed by atoms with E-state index in [1.165, 1.54) is 32.9 Å². The van der Waals surface area contributed by atoms with Crippen molar-refractivity contribution in [2.24, 2.45) is 0 Å². The lowest BCUT2D eigenvalue weighted by Crippen LogP contribution is -2.50. The molecule has 1 aliphatic heterocycles. The minimum absolute atomic E-state index is 0.0313. The van der Waals surface area contributed by atoms with Crippen LogP contribution in [0.1, 0.15) is 5.56 Å². The molecule has 1 fully saturated rings. The third-order valence-corrected chi connectivity index (χ3v) is 8.48. The largest absolute Gasteiger partial charge is 0.244 e. The Hall–Kier alpha value is -1.42. The lowest BCUT2D eigenvalue weighted by atomic mass is 10.2. The number of rotatable bonds is 5. The van der Waals surface area contributed by atoms with E-state index < -0.39 is 20.0 Å². The van der Waals surface area contributed by atoms with Gasteiger partial charge in [0.25, 0.3) is 0 Å². The average Bonchev–Trinajstić information content (AvgIpc) is 2.69. The zero-order chi connectivity index (χ0) is 20.4. The molecule has 0 aromatic heterocycles. The van der Waals surface area contributed by atoms with Gasteiger partial charge in [-0.3, -0.25) is 0 Å². The first-order chi connectivity index (χ1) is 13.2. The molecule has 2 aromatic carbocycles. The third kappa shape index (κ3) is 4.76. The van der Waals surface area contributed by atoms with Gasteiger partial charge in [0.1, 0.15) is 4.90 Å². The van der Waals surface area contributed by atoms with Gasteiger partial charge in [0.2, 0.25) is 20.0 Å². The Morgan fingerprint density at radius 1 is 0.821 bits per heavy atom. The summed E-state index contributed by atoms with van der Waals surface area (Å²) in [6.45, 7) is 0.172. The molecule has 6 nitrogen and oxygen atoms in total. The molecular formula is C18H18Cl2N2O4S2. The number of hydrogen-bond donors (Lipinski definition) is 0. The van der Waals surface area contributed by atoms with Crippen LogP contribution in [0.2, 0.25) is 10.0 Å². The SMILES string of the molecule is O=S(=O)(/C=C/c1ccccc1)N1CCN(S(=O)(=O)c2cc(Cl)ccc2Cl)CC1. The zero-order valence-corrected chi connectivity index (χ0v) is 17.8. The minimum atomic E-state index is -3.86. The maximum atomic E-state index is 12.8. The summed E-state index contributed by atoms with van der Waals surface area (Å²) in [6.07, 6.45) is 1.52. The van der Waals surface area contributed by atoms with Gasteiger partial charge in [-0.15, -0.1) is 0 Å². The minimum Gasteiger partial charge on any atom is -0.208 e. The van der Waals surface area contributed by atoms with E-state index in [1.807, 2.05) is 18.2 Å². The molecule has 28 heavy (non-hydrogen) atoms. The molecule has 1 heterocycles. The Bertz CT molecular complexity index is 1080. The smallest absolute Gasteiger partial charge is 0.208 e. The molecule has 1 aliphatic rings. The third-order valence-electron chi connectivity index (χ3n) is 4.30. The van der Waals surface area contributed by atoms with Crippen molar-refractivity contribution in [3.63, 3.8) is 0 Å². The molecule has 0 spiro atoms. The Kier molecular flexibility index (Phi) is 6.48. The van der Waals surface area contributed by atoms with Crippen molar-refractivity contribution in [3.05, 3.63) is 69.5 Å². The van der Waals surface area contributed by atoms with E-state index in [4.69, 9.17) is 23.2 Å². The van der Waals surface area contributed by atoms with Crippen molar-refractivity contribution < 1.29 is 16.8 Å². The van der Waals surface area contributed by atoms with Crippen LogP contribution in [0.4, 0.5) is 0 Å². The van der Waals surface area contributed by atoms with Gasteiger partial charge in [0.05, 0.1) is 5.02 Å². The van der Waals surface area contributed by atoms with E-state index in [9.17, 15) is 16.8 Å². The van der Waals surface area contributed by atoms with Crippen molar-refractivity contribution in [2.45, 2.75) is 4.90 Å². The number of hydrogen-bond acceptors (Lipinski definition) is 4. The topological polar surface area (TPSA) is 74.8 Å². The number of halogens is 2. The van der Waals surface area contributed by atoms with Gasteiger partial charge in [-0.25, -0.2) is 16.8 Å². The maximum Gasteiger partial charge on any atom is 0.244 e. The molecule has 10 heteroatoms. The van der Waals surface area contributed by atoms with Crippen molar-refractivity contribution in [2.75, 3.05) is 26.2 Å². The molecule has 0 bridgehead atoms. The summed E-state index contributed by atoms with van der Waals surface area (Å²) >= 11 is 11.9. The highest BCUT2D eigenvalue weighted by molar-refractivity contribution is 7.92. The van der Waals surface area contributed by atoms with E-state index in [0.29, 0.717) is 0 Å². The van der Waals surface area contributed by atoms with Crippen LogP contribution in [0, 0.1) is 0 Å². The first-order valence-electron chi connectivity index (χ1n) is 8.39. The molecule has 2 aromatic rings. The van der Waals surface area contributed by atoms with Gasteiger partial charge in [-0.05, 0) is 29.8 Å². The van der Waals surface area contributed by atoms with Crippen LogP contribution in [0.3, 0.4) is 0 Å². The zero-order valence-electron chi connectivity index (χ0n) is 14.7. The van der Waals surface area contributed by atoms with Crippen molar-refractivity contribution in [3.8, 4) is 0 Å². The molecule has 150 valence electrons. The van der Waals surface area contributed by atoms with E-state index in [2.05, 4.69) is 0 Å². The first kappa shape index (κ1) is 21.3. The van der Waals surface area contributed by atoms with Crippen LogP contribution in [-0.2, 0) is 20.0 Å². The Balaban J connectivity index is 1.71. The molecule has 1 saturated heterocycles. The summed E-state index contributed by atoms with van der Waals surface area (Å²) in [4.78, 5) is -0.0815. The summed E-state index contributed by atoms with van der Waals surface area (Å²) in [5.74, 6) is 0. The lowest BCUT2D eigenvalue weighted by Gasteiger charge is -2.32. The predicted molar refractivity (Wildman–Crippen MR) is 111 cm³/mol. The Morgan fingerprint density at radius 3 is 2.07 bits per heavy atom. The molecule has 0 amide bonds. The molecule has 0 radical (unpaired) electrons. The Labute approximate surface area is 175 Å². The summed E-state index contributed by atoms with van der Waals surface area (Å²) in [7, 11) is -7.51. The van der Waals surface area contributed by atoms with Crippen LogP contribution < -0.4 is 0 Å². The van der Waals surface area contributed by atoms with Gasteiger partial charge in [0.15, 0.2) is 0 Å². The van der Waals surface area contributed by atoms with E-state index in [0.717, 1.165) is 11.0 Å². The number of benzene rings is 2. The van der Waals surface area contributed by atoms with Crippen LogP contribution in [0.15, 0.2) is 58.8 Å². The first-order valence-corrected chi connectivity index (χ1v) is 12.1. The summed E-state index contributed by atoms with van der Waals surface area (Å²) in [5, 5.41) is 1.47. The quantitative estimate of drug-likeness (QED) is 0.685. The second kappa shape index (κ2) is 8.52. The number of piperazine rings is 1. The van der Waals surface area contributed by atoms with Gasteiger partial charge in [-0.1, -0.05) is 53.5 Å². The maximum absolute atomic E-state index is 12.8. The highest BCUT2D eigenvalue weighted by atomic mass is 35.5. The Morgan fingerprint density at radius 2 is 1.43 bits per heavy atom. The molecule has 0 unspecified atom stereocenters. The highest BCUT2D eigenvalue weighted by Crippen LogP contribution is 2.28. The fraction of sp³-hybridized carbons (Fsp3) is 0.222. The average molecular weight is 461 g/mol. The fourth-order valence-corrected chi connectivity index (χ4v) is 6.13. The summed E-state index contributed by atoms with van der Waals surface area (Å²) in [5.41, 5.74) is 0.767. The molecule has 0 N–H and O–H groups in total. The van der Waals surface area contributed by atoms with Gasteiger partial charge >= 0.3 is 0 Å². The van der Waals surface area contributed by atoms with Crippen LogP contribution in [-0.4, -0.2) is 51.6 Å². The fourth-order valence-electron chi connectivity index (χ4n) is 2.79. The predicted octanol–water partition coefficient (Wildman–Crippen LogP) is 3.30. The van der Waals surface area contributed by atoms with Crippen LogP contribution >= 0.6 is 23.2 Å². The molecule has 0 saturated carbocycles. The molecular weight excluding hydrogens is 443 g/mol. The van der Waals surface area contributed by atoms with Crippen LogP contribution in [0.25, 0.3) is 6.08 Å². The van der Waals surface area contributed by atoms with E-state index in [1.54, 1.807) is 12.1 Å². The lowest BCUT2D eigenvalue weighted by molar-refractivity contribution is 0.275. The number of sulfonamides is 2. The van der Waals surface area contributed by atoms with Gasteiger partial charge in [0, 0.05) is 36.6 Å². The second-order valence-corrected chi connectivity index (χ2v) is 10.7. The normalized spacial score (nSPS) is 17.2. The summed E-state index contributed by atoms with van der Waals surface area (Å²) < 4.78 is 53.2. The molecule has 3 rings (SSSR count). The highest BCUT2D eigenvalue weighted by Gasteiger charge is 2.33. The second-order valence-electron chi connectivity index (χ2n) is 6.14. The van der Waals surface area contributed by atoms with Crippen molar-refractivity contribution in [1.29, 1.82) is 0 Å². The van der Waals surface area contributed by atoms with Crippen molar-refractivity contribution >= 4 is 49.3 Å². The standard InChI is InChI=1S/C18H18Cl2N2O4S2/c19-16-6-7-17(20)18(14-16)28(25,26)22-11-9-21(10-12-22)27(23,24)13-8-15-4-2-1-3-5-15/h1-8,13-14H,9-12H2/b13-8+. The van der Waals surface area contributed by atoms with Gasteiger partial charge < -0.3 is 0 Å². The molecule has 0 aliphatic carbocycles. The van der Waals surface area contributed by atoms with E-state index in [-0.39, 0.29) is 41.1 Å². The number of nitrogens with zero attached hydrogens (tertiary/aromatic N) is 2. The van der Waals surface area contributed by atoms with E-state index >= 15 is 0 Å². The monoisotopic (exact) mass is 460 g/mol. The van der Waals surface area contributed by atoms with Gasteiger partial charge in [-0.2, -0.15) is 8.61 Å². The van der Waals surface area contributed by atoms with Crippen LogP contribution in [0.5, 0.6) is 0 Å². The summed E-state index contributed by atoms with van der Waals surface area (Å²) in [6, 6.07) is 13.3. The van der Waals surface area contributed by atoms with Crippen molar-refractivity contribution in [1.82, 2.24) is 8.61 Å². The molecule has 0 atom stereocenters.